The van der Waals surface area contributed by atoms with Crippen molar-refractivity contribution in [3.63, 3.8) is 0 Å². The number of oxazole rings is 1. The maximum Gasteiger partial charge on any atom is 0.358 e. The van der Waals surface area contributed by atoms with E-state index in [4.69, 9.17) is 9.52 Å². The van der Waals surface area contributed by atoms with E-state index in [1.807, 2.05) is 0 Å². The van der Waals surface area contributed by atoms with Crippen molar-refractivity contribution in [1.82, 2.24) is 4.98 Å². The van der Waals surface area contributed by atoms with Crippen molar-refractivity contribution in [2.45, 2.75) is 26.7 Å². The molecule has 1 heterocycles. The zero-order valence-corrected chi connectivity index (χ0v) is 7.78. The molecule has 1 rings (SSSR count). The summed E-state index contributed by atoms with van der Waals surface area (Å²) in [6, 6.07) is 0. The molecule has 1 aromatic rings. The van der Waals surface area contributed by atoms with Crippen molar-refractivity contribution >= 4 is 5.97 Å². The fraction of sp³-hybridized carbons (Fsp3) is 0.556. The Morgan fingerprint density at radius 3 is 2.92 bits per heavy atom. The van der Waals surface area contributed by atoms with Crippen LogP contribution in [0.15, 0.2) is 10.8 Å². The summed E-state index contributed by atoms with van der Waals surface area (Å²) in [7, 11) is 0. The average molecular weight is 183 g/mol. The average Bonchev–Trinajstić information content (AvgIpc) is 2.47. The lowest BCUT2D eigenvalue weighted by Gasteiger charge is -2.01. The van der Waals surface area contributed by atoms with E-state index in [2.05, 4.69) is 18.8 Å². The van der Waals surface area contributed by atoms with Gasteiger partial charge in [0.05, 0.1) is 0 Å². The fourth-order valence-electron chi connectivity index (χ4n) is 1.04. The zero-order chi connectivity index (χ0) is 9.84. The summed E-state index contributed by atoms with van der Waals surface area (Å²) in [6.45, 7) is 4.16. The maximum atomic E-state index is 10.6. The van der Waals surface area contributed by atoms with Crippen LogP contribution < -0.4 is 0 Å². The van der Waals surface area contributed by atoms with Gasteiger partial charge in [-0.3, -0.25) is 0 Å². The van der Waals surface area contributed by atoms with Crippen LogP contribution in [-0.2, 0) is 6.42 Å². The van der Waals surface area contributed by atoms with E-state index in [9.17, 15) is 4.79 Å². The summed E-state index contributed by atoms with van der Waals surface area (Å²) in [5.41, 5.74) is 0.0423. The minimum Gasteiger partial charge on any atom is -0.476 e. The Morgan fingerprint density at radius 1 is 1.69 bits per heavy atom. The van der Waals surface area contributed by atoms with Gasteiger partial charge in [0.1, 0.15) is 5.76 Å². The van der Waals surface area contributed by atoms with Gasteiger partial charge in [0.2, 0.25) is 0 Å². The standard InChI is InChI=1S/C9H13NO3/c1-6(2)3-4-7-8(9(11)12)10-5-13-7/h5-6H,3-4H2,1-2H3,(H,11,12). The molecule has 0 radical (unpaired) electrons. The highest BCUT2D eigenvalue weighted by Gasteiger charge is 2.14. The van der Waals surface area contributed by atoms with Gasteiger partial charge < -0.3 is 9.52 Å². The number of hydrogen-bond acceptors (Lipinski definition) is 3. The van der Waals surface area contributed by atoms with Gasteiger partial charge in [-0.15, -0.1) is 0 Å². The third-order valence-corrected chi connectivity index (χ3v) is 1.79. The fourth-order valence-corrected chi connectivity index (χ4v) is 1.04. The lowest BCUT2D eigenvalue weighted by Crippen LogP contribution is -2.02. The molecule has 0 spiro atoms. The predicted octanol–water partition coefficient (Wildman–Crippen LogP) is 1.96. The summed E-state index contributed by atoms with van der Waals surface area (Å²) in [5.74, 6) is -0.0135. The molecular weight excluding hydrogens is 170 g/mol. The van der Waals surface area contributed by atoms with Crippen molar-refractivity contribution < 1.29 is 14.3 Å². The molecule has 0 aromatic carbocycles. The van der Waals surface area contributed by atoms with Crippen LogP contribution >= 0.6 is 0 Å². The smallest absolute Gasteiger partial charge is 0.358 e. The molecule has 13 heavy (non-hydrogen) atoms. The quantitative estimate of drug-likeness (QED) is 0.775. The van der Waals surface area contributed by atoms with Crippen molar-refractivity contribution in [3.8, 4) is 0 Å². The van der Waals surface area contributed by atoms with Crippen LogP contribution in [0.1, 0.15) is 36.5 Å². The molecular formula is C9H13NO3. The lowest BCUT2D eigenvalue weighted by atomic mass is 10.1. The minimum absolute atomic E-state index is 0.0423. The molecule has 1 N–H and O–H groups in total. The Kier molecular flexibility index (Phi) is 3.06. The Labute approximate surface area is 76.6 Å². The number of rotatable bonds is 4. The number of aromatic carboxylic acids is 1. The molecule has 0 fully saturated rings. The van der Waals surface area contributed by atoms with Gasteiger partial charge in [-0.05, 0) is 12.3 Å². The molecule has 0 unspecified atom stereocenters. The summed E-state index contributed by atoms with van der Waals surface area (Å²) < 4.78 is 4.98. The summed E-state index contributed by atoms with van der Waals surface area (Å²) in [6.07, 6.45) is 2.73. The van der Waals surface area contributed by atoms with Crippen LogP contribution in [-0.4, -0.2) is 16.1 Å². The lowest BCUT2D eigenvalue weighted by molar-refractivity contribution is 0.0688. The van der Waals surface area contributed by atoms with Crippen LogP contribution in [0.25, 0.3) is 0 Å². The topological polar surface area (TPSA) is 63.3 Å². The number of hydrogen-bond donors (Lipinski definition) is 1. The Hall–Kier alpha value is -1.32. The second-order valence-electron chi connectivity index (χ2n) is 3.36. The van der Waals surface area contributed by atoms with Crippen LogP contribution in [0.4, 0.5) is 0 Å². The van der Waals surface area contributed by atoms with Crippen LogP contribution in [0.5, 0.6) is 0 Å². The second-order valence-corrected chi connectivity index (χ2v) is 3.36. The van der Waals surface area contributed by atoms with Gasteiger partial charge in [0, 0.05) is 6.42 Å². The summed E-state index contributed by atoms with van der Waals surface area (Å²) in [5, 5.41) is 8.70. The Morgan fingerprint density at radius 2 is 2.38 bits per heavy atom. The molecule has 0 amide bonds. The van der Waals surface area contributed by atoms with Crippen molar-refractivity contribution in [2.75, 3.05) is 0 Å². The number of carbonyl (C=O) groups is 1. The minimum atomic E-state index is -1.02. The molecule has 0 aliphatic carbocycles. The first-order valence-corrected chi connectivity index (χ1v) is 4.27. The van der Waals surface area contributed by atoms with Gasteiger partial charge in [-0.25, -0.2) is 9.78 Å². The highest BCUT2D eigenvalue weighted by molar-refractivity contribution is 5.86. The first-order valence-electron chi connectivity index (χ1n) is 4.27. The van der Waals surface area contributed by atoms with Crippen LogP contribution in [0, 0.1) is 5.92 Å². The normalized spacial score (nSPS) is 10.7. The Bertz CT molecular complexity index is 291. The maximum absolute atomic E-state index is 10.6. The SMILES string of the molecule is CC(C)CCc1ocnc1C(=O)O. The van der Waals surface area contributed by atoms with E-state index in [1.54, 1.807) is 0 Å². The first kappa shape index (κ1) is 9.77. The third-order valence-electron chi connectivity index (χ3n) is 1.79. The van der Waals surface area contributed by atoms with Gasteiger partial charge in [0.25, 0.3) is 0 Å². The number of aromatic nitrogens is 1. The van der Waals surface area contributed by atoms with Crippen molar-refractivity contribution in [3.05, 3.63) is 17.8 Å². The molecule has 4 heteroatoms. The molecule has 0 aliphatic heterocycles. The molecule has 0 aliphatic rings. The highest BCUT2D eigenvalue weighted by Crippen LogP contribution is 2.12. The first-order chi connectivity index (χ1) is 6.11. The van der Waals surface area contributed by atoms with Gasteiger partial charge in [-0.1, -0.05) is 13.8 Å². The van der Waals surface area contributed by atoms with E-state index in [0.29, 0.717) is 18.1 Å². The highest BCUT2D eigenvalue weighted by atomic mass is 16.4. The van der Waals surface area contributed by atoms with E-state index in [1.165, 1.54) is 6.39 Å². The number of carboxylic acid groups (broad SMARTS) is 1. The number of aryl methyl sites for hydroxylation is 1. The molecule has 0 bridgehead atoms. The molecule has 0 saturated heterocycles. The van der Waals surface area contributed by atoms with E-state index in [0.717, 1.165) is 6.42 Å². The Balaban J connectivity index is 2.65. The van der Waals surface area contributed by atoms with Gasteiger partial charge in [0.15, 0.2) is 12.1 Å². The van der Waals surface area contributed by atoms with E-state index >= 15 is 0 Å². The number of nitrogens with zero attached hydrogens (tertiary/aromatic N) is 1. The molecule has 1 aromatic heterocycles. The van der Waals surface area contributed by atoms with Crippen LogP contribution in [0.2, 0.25) is 0 Å². The van der Waals surface area contributed by atoms with Crippen LogP contribution in [0.3, 0.4) is 0 Å². The predicted molar refractivity (Wildman–Crippen MR) is 46.6 cm³/mol. The molecule has 72 valence electrons. The number of carboxylic acids is 1. The van der Waals surface area contributed by atoms with Gasteiger partial charge >= 0.3 is 5.97 Å². The zero-order valence-electron chi connectivity index (χ0n) is 7.78. The third kappa shape index (κ3) is 2.57. The van der Waals surface area contributed by atoms with Gasteiger partial charge in [-0.2, -0.15) is 0 Å². The van der Waals surface area contributed by atoms with Crippen molar-refractivity contribution in [2.24, 2.45) is 5.92 Å². The van der Waals surface area contributed by atoms with Crippen molar-refractivity contribution in [1.29, 1.82) is 0 Å². The summed E-state index contributed by atoms with van der Waals surface area (Å²) >= 11 is 0. The molecule has 4 nitrogen and oxygen atoms in total. The summed E-state index contributed by atoms with van der Waals surface area (Å²) in [4.78, 5) is 14.2. The molecule has 0 saturated carbocycles. The van der Waals surface area contributed by atoms with E-state index in [-0.39, 0.29) is 5.69 Å². The van der Waals surface area contributed by atoms with E-state index < -0.39 is 5.97 Å². The monoisotopic (exact) mass is 183 g/mol. The largest absolute Gasteiger partial charge is 0.476 e. The second kappa shape index (κ2) is 4.07. The molecule has 0 atom stereocenters.